The molecule has 5 heteroatoms. The van der Waals surface area contributed by atoms with E-state index < -0.39 is 11.8 Å². The maximum absolute atomic E-state index is 13.6. The lowest BCUT2D eigenvalue weighted by atomic mass is 9.43. The van der Waals surface area contributed by atoms with Crippen LogP contribution in [0.2, 0.25) is 0 Å². The molecule has 5 aliphatic rings. The number of hydrogen-bond acceptors (Lipinski definition) is 2. The third kappa shape index (κ3) is 4.48. The molecule has 5 aliphatic carbocycles. The van der Waals surface area contributed by atoms with Crippen LogP contribution >= 0.6 is 0 Å². The lowest BCUT2D eigenvalue weighted by Crippen LogP contribution is -2.59. The first-order valence-corrected chi connectivity index (χ1v) is 15.4. The molecule has 5 rings (SSSR count). The molecule has 0 heterocycles. The van der Waals surface area contributed by atoms with E-state index >= 15 is 0 Å². The van der Waals surface area contributed by atoms with Crippen molar-refractivity contribution in [1.29, 1.82) is 0 Å². The van der Waals surface area contributed by atoms with E-state index in [-0.39, 0.29) is 30.3 Å². The number of aliphatic hydroxyl groups is 2. The molecule has 0 aromatic heterocycles. The van der Waals surface area contributed by atoms with Crippen LogP contribution in [0.5, 0.6) is 0 Å². The van der Waals surface area contributed by atoms with Gasteiger partial charge in [0.1, 0.15) is 0 Å². The topological polar surface area (TPSA) is 40.5 Å². The molecular weight excluding hydrogens is 461 g/mol. The summed E-state index contributed by atoms with van der Waals surface area (Å²) in [5, 5.41) is 21.3. The molecule has 0 spiro atoms. The van der Waals surface area contributed by atoms with Crippen LogP contribution in [-0.2, 0) is 0 Å². The van der Waals surface area contributed by atoms with Gasteiger partial charge >= 0.3 is 6.18 Å². The van der Waals surface area contributed by atoms with Crippen molar-refractivity contribution in [3.63, 3.8) is 0 Å². The van der Waals surface area contributed by atoms with Gasteiger partial charge in [0.2, 0.25) is 0 Å². The summed E-state index contributed by atoms with van der Waals surface area (Å²) in [4.78, 5) is 0. The maximum Gasteiger partial charge on any atom is 0.417 e. The Morgan fingerprint density at radius 3 is 2.19 bits per heavy atom. The molecule has 2 N–H and O–H groups in total. The molecule has 0 bridgehead atoms. The summed E-state index contributed by atoms with van der Waals surface area (Å²) in [6.45, 7) is 7.24. The maximum atomic E-state index is 13.6. The molecule has 0 aliphatic heterocycles. The highest BCUT2D eigenvalue weighted by Gasteiger charge is 2.65. The van der Waals surface area contributed by atoms with Crippen molar-refractivity contribution in [3.8, 4) is 0 Å². The molecule has 36 heavy (non-hydrogen) atoms. The van der Waals surface area contributed by atoms with Crippen molar-refractivity contribution in [2.45, 2.75) is 141 Å². The molecule has 5 saturated carbocycles. The van der Waals surface area contributed by atoms with Crippen LogP contribution in [0, 0.1) is 52.3 Å². The van der Waals surface area contributed by atoms with E-state index in [1.807, 2.05) is 0 Å². The van der Waals surface area contributed by atoms with Gasteiger partial charge in [0.25, 0.3) is 0 Å². The van der Waals surface area contributed by atoms with E-state index in [4.69, 9.17) is 0 Å². The summed E-state index contributed by atoms with van der Waals surface area (Å²) in [6, 6.07) is 0. The Labute approximate surface area is 217 Å². The zero-order valence-electron chi connectivity index (χ0n) is 23.0. The fraction of sp³-hybridized carbons (Fsp3) is 1.00. The SMILES string of the molecule is C[C@H](CC[C@@H](O)C1CCCCC1)[C@H]1CC[C@H]2[C@@H]3CC[C@H]4C[C@](O)(C(F)(F)F)CC[C@]4(C)[C@H]3CC[C@]12C. The van der Waals surface area contributed by atoms with Crippen LogP contribution in [0.4, 0.5) is 13.2 Å². The van der Waals surface area contributed by atoms with Gasteiger partial charge in [-0.2, -0.15) is 13.2 Å². The van der Waals surface area contributed by atoms with E-state index in [0.29, 0.717) is 47.3 Å². The summed E-state index contributed by atoms with van der Waals surface area (Å²) < 4.78 is 40.9. The molecule has 2 nitrogen and oxygen atoms in total. The average molecular weight is 513 g/mol. The minimum Gasteiger partial charge on any atom is -0.393 e. The number of alkyl halides is 3. The second-order valence-electron chi connectivity index (χ2n) is 14.6. The van der Waals surface area contributed by atoms with Crippen molar-refractivity contribution in [2.24, 2.45) is 52.3 Å². The highest BCUT2D eigenvalue weighted by Crippen LogP contribution is 2.69. The van der Waals surface area contributed by atoms with Crippen LogP contribution in [0.3, 0.4) is 0 Å². The van der Waals surface area contributed by atoms with Gasteiger partial charge < -0.3 is 10.2 Å². The molecular formula is C31H51F3O2. The molecule has 5 fully saturated rings. The Bertz CT molecular complexity index is 778. The second-order valence-corrected chi connectivity index (χ2v) is 14.6. The molecule has 0 radical (unpaired) electrons. The molecule has 0 amide bonds. The van der Waals surface area contributed by atoms with Gasteiger partial charge in [0.15, 0.2) is 5.60 Å². The third-order valence-corrected chi connectivity index (χ3v) is 13.1. The fourth-order valence-corrected chi connectivity index (χ4v) is 10.9. The van der Waals surface area contributed by atoms with Gasteiger partial charge in [-0.15, -0.1) is 0 Å². The van der Waals surface area contributed by atoms with E-state index in [1.54, 1.807) is 0 Å². The minimum absolute atomic E-state index is 0.0131. The molecule has 0 unspecified atom stereocenters. The summed E-state index contributed by atoms with van der Waals surface area (Å²) in [6.07, 6.45) is 10.7. The summed E-state index contributed by atoms with van der Waals surface area (Å²) in [5.41, 5.74) is -2.21. The van der Waals surface area contributed by atoms with Gasteiger partial charge in [0, 0.05) is 0 Å². The quantitative estimate of drug-likeness (QED) is 0.389. The molecule has 10 atom stereocenters. The lowest BCUT2D eigenvalue weighted by Gasteiger charge is -2.62. The van der Waals surface area contributed by atoms with Crippen LogP contribution in [0.25, 0.3) is 0 Å². The predicted molar refractivity (Wildman–Crippen MR) is 137 cm³/mol. The molecule has 208 valence electrons. The third-order valence-electron chi connectivity index (χ3n) is 13.1. The first-order valence-electron chi connectivity index (χ1n) is 15.4. The Hall–Kier alpha value is -0.290. The van der Waals surface area contributed by atoms with Crippen LogP contribution in [-0.4, -0.2) is 28.1 Å². The zero-order valence-corrected chi connectivity index (χ0v) is 23.0. The summed E-state index contributed by atoms with van der Waals surface area (Å²) in [5.74, 6) is 3.65. The van der Waals surface area contributed by atoms with Crippen molar-refractivity contribution < 1.29 is 23.4 Å². The first-order chi connectivity index (χ1) is 16.9. The number of fused-ring (bicyclic) bond motifs is 5. The van der Waals surface area contributed by atoms with E-state index in [2.05, 4.69) is 20.8 Å². The van der Waals surface area contributed by atoms with Crippen molar-refractivity contribution in [1.82, 2.24) is 0 Å². The highest BCUT2D eigenvalue weighted by molar-refractivity contribution is 5.11. The monoisotopic (exact) mass is 512 g/mol. The lowest BCUT2D eigenvalue weighted by molar-refractivity contribution is -0.290. The fourth-order valence-electron chi connectivity index (χ4n) is 10.9. The van der Waals surface area contributed by atoms with Crippen molar-refractivity contribution in [3.05, 3.63) is 0 Å². The normalized spacial score (nSPS) is 47.5. The number of halogens is 3. The largest absolute Gasteiger partial charge is 0.417 e. The van der Waals surface area contributed by atoms with Gasteiger partial charge in [-0.1, -0.05) is 40.0 Å². The van der Waals surface area contributed by atoms with Crippen molar-refractivity contribution >= 4 is 0 Å². The Balaban J connectivity index is 1.23. The van der Waals surface area contributed by atoms with Gasteiger partial charge in [-0.25, -0.2) is 0 Å². The van der Waals surface area contributed by atoms with E-state index in [1.165, 1.54) is 51.4 Å². The predicted octanol–water partition coefficient (Wildman–Crippen LogP) is 8.30. The molecule has 0 aromatic rings. The Morgan fingerprint density at radius 1 is 0.806 bits per heavy atom. The number of hydrogen-bond donors (Lipinski definition) is 2. The number of rotatable bonds is 5. The average Bonchev–Trinajstić information content (AvgIpc) is 3.20. The molecule has 0 saturated heterocycles. The first kappa shape index (κ1) is 27.3. The minimum atomic E-state index is -4.52. The second kappa shape index (κ2) is 9.72. The summed E-state index contributed by atoms with van der Waals surface area (Å²) >= 11 is 0. The smallest absolute Gasteiger partial charge is 0.393 e. The van der Waals surface area contributed by atoms with Gasteiger partial charge in [-0.3, -0.25) is 0 Å². The highest BCUT2D eigenvalue weighted by atomic mass is 19.4. The molecule has 0 aromatic carbocycles. The Kier molecular flexibility index (Phi) is 7.36. The van der Waals surface area contributed by atoms with Crippen LogP contribution in [0.15, 0.2) is 0 Å². The van der Waals surface area contributed by atoms with E-state index in [0.717, 1.165) is 32.1 Å². The Morgan fingerprint density at radius 2 is 1.50 bits per heavy atom. The standard InChI is InChI=1S/C31H51F3O2/c1-20(9-14-27(35)21-7-5-4-6-8-21)24-12-13-25-23-11-10-22-19-30(36,31(32,33)34)18-17-28(22,2)26(23)15-16-29(24,25)3/h20-27,35-36H,4-19H2,1-3H3/t20-,22+,23+,24-,25+,26+,27-,28+,29-,30+/m1/s1. The summed E-state index contributed by atoms with van der Waals surface area (Å²) in [7, 11) is 0. The number of aliphatic hydroxyl groups excluding tert-OH is 1. The van der Waals surface area contributed by atoms with Gasteiger partial charge in [-0.05, 0) is 136 Å². The van der Waals surface area contributed by atoms with Gasteiger partial charge in [0.05, 0.1) is 6.10 Å². The van der Waals surface area contributed by atoms with Crippen LogP contribution in [0.1, 0.15) is 124 Å². The van der Waals surface area contributed by atoms with Crippen molar-refractivity contribution in [2.75, 3.05) is 0 Å². The zero-order chi connectivity index (χ0) is 25.9. The van der Waals surface area contributed by atoms with E-state index in [9.17, 15) is 23.4 Å². The van der Waals surface area contributed by atoms with Crippen LogP contribution < -0.4 is 0 Å².